The highest BCUT2D eigenvalue weighted by Gasteiger charge is 2.11. The number of hydrogen-bond donors (Lipinski definition) is 2. The Morgan fingerprint density at radius 1 is 1.23 bits per heavy atom. The molecule has 2 aromatic rings. The normalized spacial score (nSPS) is 10.4. The Labute approximate surface area is 131 Å². The summed E-state index contributed by atoms with van der Waals surface area (Å²) in [4.78, 5) is 24.0. The largest absolute Gasteiger partial charge is 0.497 e. The predicted octanol–water partition coefficient (Wildman–Crippen LogP) is 1.52. The summed E-state index contributed by atoms with van der Waals surface area (Å²) in [6, 6.07) is 10.9. The molecule has 0 aliphatic carbocycles. The third-order valence-corrected chi connectivity index (χ3v) is 3.53. The number of nitrogens with zero attached hydrogens (tertiary/aromatic N) is 1. The molecule has 22 heavy (non-hydrogen) atoms. The number of hydrazone groups is 1. The second kappa shape index (κ2) is 7.94. The van der Waals surface area contributed by atoms with Crippen LogP contribution in [0.2, 0.25) is 0 Å². The van der Waals surface area contributed by atoms with Crippen LogP contribution in [0.4, 0.5) is 0 Å². The SMILES string of the molecule is COc1ccc(CNC(=O)C(=O)N/N=C/c2cccs2)cc1. The molecule has 1 aromatic carbocycles. The fourth-order valence-electron chi connectivity index (χ4n) is 1.58. The molecule has 0 saturated heterocycles. The first-order valence-corrected chi connectivity index (χ1v) is 7.34. The van der Waals surface area contributed by atoms with Crippen molar-refractivity contribution >= 4 is 29.4 Å². The van der Waals surface area contributed by atoms with Crippen molar-refractivity contribution in [2.45, 2.75) is 6.54 Å². The first kappa shape index (κ1) is 15.7. The maximum absolute atomic E-state index is 11.6. The molecule has 2 amide bonds. The van der Waals surface area contributed by atoms with Gasteiger partial charge in [0.2, 0.25) is 0 Å². The average molecular weight is 317 g/mol. The van der Waals surface area contributed by atoms with Crippen molar-refractivity contribution in [1.82, 2.24) is 10.7 Å². The van der Waals surface area contributed by atoms with Crippen molar-refractivity contribution in [3.05, 3.63) is 52.2 Å². The lowest BCUT2D eigenvalue weighted by molar-refractivity contribution is -0.139. The highest BCUT2D eigenvalue weighted by molar-refractivity contribution is 7.11. The van der Waals surface area contributed by atoms with Gasteiger partial charge in [-0.1, -0.05) is 18.2 Å². The van der Waals surface area contributed by atoms with E-state index >= 15 is 0 Å². The van der Waals surface area contributed by atoms with Gasteiger partial charge in [-0.3, -0.25) is 9.59 Å². The van der Waals surface area contributed by atoms with Crippen molar-refractivity contribution in [1.29, 1.82) is 0 Å². The monoisotopic (exact) mass is 317 g/mol. The van der Waals surface area contributed by atoms with Crippen molar-refractivity contribution < 1.29 is 14.3 Å². The minimum Gasteiger partial charge on any atom is -0.497 e. The highest BCUT2D eigenvalue weighted by Crippen LogP contribution is 2.10. The van der Waals surface area contributed by atoms with Gasteiger partial charge in [-0.2, -0.15) is 5.10 Å². The molecule has 0 aliphatic rings. The third-order valence-electron chi connectivity index (χ3n) is 2.72. The summed E-state index contributed by atoms with van der Waals surface area (Å²) in [6.45, 7) is 0.255. The van der Waals surface area contributed by atoms with Crippen LogP contribution in [0.15, 0.2) is 46.9 Å². The van der Waals surface area contributed by atoms with Crippen LogP contribution in [-0.4, -0.2) is 25.1 Å². The molecular formula is C15H15N3O3S. The zero-order chi connectivity index (χ0) is 15.8. The summed E-state index contributed by atoms with van der Waals surface area (Å²) in [7, 11) is 1.58. The van der Waals surface area contributed by atoms with E-state index in [1.54, 1.807) is 19.2 Å². The number of carbonyl (C=O) groups excluding carboxylic acids is 2. The number of amides is 2. The Balaban J connectivity index is 1.77. The van der Waals surface area contributed by atoms with E-state index in [0.717, 1.165) is 16.2 Å². The Bertz CT molecular complexity index is 651. The summed E-state index contributed by atoms with van der Waals surface area (Å²) >= 11 is 1.48. The molecule has 0 bridgehead atoms. The maximum Gasteiger partial charge on any atom is 0.329 e. The molecule has 0 spiro atoms. The van der Waals surface area contributed by atoms with Gasteiger partial charge < -0.3 is 10.1 Å². The topological polar surface area (TPSA) is 79.8 Å². The van der Waals surface area contributed by atoms with Crippen LogP contribution in [0.25, 0.3) is 0 Å². The highest BCUT2D eigenvalue weighted by atomic mass is 32.1. The summed E-state index contributed by atoms with van der Waals surface area (Å²) in [5.41, 5.74) is 3.05. The predicted molar refractivity (Wildman–Crippen MR) is 84.9 cm³/mol. The Hall–Kier alpha value is -2.67. The summed E-state index contributed by atoms with van der Waals surface area (Å²) in [5, 5.41) is 8.13. The van der Waals surface area contributed by atoms with Crippen molar-refractivity contribution in [3.63, 3.8) is 0 Å². The number of rotatable bonds is 5. The fraction of sp³-hybridized carbons (Fsp3) is 0.133. The number of benzene rings is 1. The van der Waals surface area contributed by atoms with Gasteiger partial charge >= 0.3 is 11.8 Å². The van der Waals surface area contributed by atoms with Crippen LogP contribution in [0.5, 0.6) is 5.75 Å². The van der Waals surface area contributed by atoms with Gasteiger partial charge in [-0.05, 0) is 29.1 Å². The van der Waals surface area contributed by atoms with Crippen molar-refractivity contribution in [3.8, 4) is 5.75 Å². The zero-order valence-electron chi connectivity index (χ0n) is 11.9. The Kier molecular flexibility index (Phi) is 5.67. The quantitative estimate of drug-likeness (QED) is 0.498. The molecule has 0 atom stereocenters. The van der Waals surface area contributed by atoms with Crippen LogP contribution < -0.4 is 15.5 Å². The van der Waals surface area contributed by atoms with Gasteiger partial charge in [-0.25, -0.2) is 5.43 Å². The van der Waals surface area contributed by atoms with Crippen LogP contribution in [0.3, 0.4) is 0 Å². The number of nitrogens with one attached hydrogen (secondary N) is 2. The molecule has 114 valence electrons. The second-order valence-electron chi connectivity index (χ2n) is 4.25. The maximum atomic E-state index is 11.6. The molecule has 2 rings (SSSR count). The lowest BCUT2D eigenvalue weighted by atomic mass is 10.2. The van der Waals surface area contributed by atoms with Crippen LogP contribution >= 0.6 is 11.3 Å². The van der Waals surface area contributed by atoms with Gasteiger partial charge in [0.05, 0.1) is 13.3 Å². The third kappa shape index (κ3) is 4.71. The zero-order valence-corrected chi connectivity index (χ0v) is 12.7. The first-order chi connectivity index (χ1) is 10.7. The van der Waals surface area contributed by atoms with Gasteiger partial charge in [-0.15, -0.1) is 11.3 Å². The fourth-order valence-corrected chi connectivity index (χ4v) is 2.16. The summed E-state index contributed by atoms with van der Waals surface area (Å²) in [6.07, 6.45) is 1.49. The van der Waals surface area contributed by atoms with E-state index in [-0.39, 0.29) is 6.54 Å². The molecule has 1 heterocycles. The summed E-state index contributed by atoms with van der Waals surface area (Å²) in [5.74, 6) is -0.809. The van der Waals surface area contributed by atoms with E-state index in [0.29, 0.717) is 0 Å². The van der Waals surface area contributed by atoms with E-state index in [1.807, 2.05) is 29.6 Å². The van der Waals surface area contributed by atoms with Gasteiger partial charge in [0, 0.05) is 11.4 Å². The van der Waals surface area contributed by atoms with Crippen LogP contribution in [-0.2, 0) is 16.1 Å². The molecule has 2 N–H and O–H groups in total. The lowest BCUT2D eigenvalue weighted by Crippen LogP contribution is -2.37. The number of thiophene rings is 1. The van der Waals surface area contributed by atoms with Gasteiger partial charge in [0.1, 0.15) is 5.75 Å². The van der Waals surface area contributed by atoms with E-state index in [2.05, 4.69) is 15.8 Å². The molecule has 1 aromatic heterocycles. The molecule has 0 fully saturated rings. The molecule has 6 nitrogen and oxygen atoms in total. The van der Waals surface area contributed by atoms with Crippen LogP contribution in [0.1, 0.15) is 10.4 Å². The minimum atomic E-state index is -0.804. The van der Waals surface area contributed by atoms with Crippen molar-refractivity contribution in [2.24, 2.45) is 5.10 Å². The van der Waals surface area contributed by atoms with E-state index in [1.165, 1.54) is 17.6 Å². The molecule has 0 saturated carbocycles. The molecular weight excluding hydrogens is 302 g/mol. The van der Waals surface area contributed by atoms with Gasteiger partial charge in [0.25, 0.3) is 0 Å². The van der Waals surface area contributed by atoms with Gasteiger partial charge in [0.15, 0.2) is 0 Å². The van der Waals surface area contributed by atoms with E-state index < -0.39 is 11.8 Å². The Morgan fingerprint density at radius 3 is 2.64 bits per heavy atom. The van der Waals surface area contributed by atoms with E-state index in [4.69, 9.17) is 4.74 Å². The molecule has 0 unspecified atom stereocenters. The lowest BCUT2D eigenvalue weighted by Gasteiger charge is -2.05. The molecule has 7 heteroatoms. The van der Waals surface area contributed by atoms with Crippen LogP contribution in [0, 0.1) is 0 Å². The minimum absolute atomic E-state index is 0.255. The first-order valence-electron chi connectivity index (χ1n) is 6.46. The van der Waals surface area contributed by atoms with E-state index in [9.17, 15) is 9.59 Å². The summed E-state index contributed by atoms with van der Waals surface area (Å²) < 4.78 is 5.04. The number of ether oxygens (including phenoxy) is 1. The molecule has 0 aliphatic heterocycles. The smallest absolute Gasteiger partial charge is 0.329 e. The Morgan fingerprint density at radius 2 is 2.00 bits per heavy atom. The second-order valence-corrected chi connectivity index (χ2v) is 5.22. The average Bonchev–Trinajstić information content (AvgIpc) is 3.06. The number of carbonyl (C=O) groups is 2. The molecule has 0 radical (unpaired) electrons. The number of methoxy groups -OCH3 is 1. The number of hydrogen-bond acceptors (Lipinski definition) is 5. The van der Waals surface area contributed by atoms with Crippen molar-refractivity contribution in [2.75, 3.05) is 7.11 Å². The standard InChI is InChI=1S/C15H15N3O3S/c1-21-12-6-4-11(5-7-12)9-16-14(19)15(20)18-17-10-13-3-2-8-22-13/h2-8,10H,9H2,1H3,(H,16,19)(H,18,20)/b17-10+.